The van der Waals surface area contributed by atoms with Gasteiger partial charge in [-0.3, -0.25) is 14.5 Å². The third-order valence-electron chi connectivity index (χ3n) is 4.96. The Labute approximate surface area is 167 Å². The number of nitrogens with one attached hydrogen (secondary N) is 2. The number of amides is 2. The molecule has 28 heavy (non-hydrogen) atoms. The summed E-state index contributed by atoms with van der Waals surface area (Å²) in [6, 6.07) is 7.64. The minimum absolute atomic E-state index is 0.0279. The number of rotatable bonds is 8. The molecule has 1 heterocycles. The SMILES string of the molecule is CC1CN(CCCNC(=O)/C=C/c2ccc(C(=O)NC3CC3)cc2)CC(C)O1. The van der Waals surface area contributed by atoms with Gasteiger partial charge in [-0.25, -0.2) is 0 Å². The van der Waals surface area contributed by atoms with Gasteiger partial charge in [-0.1, -0.05) is 12.1 Å². The number of morpholine rings is 1. The van der Waals surface area contributed by atoms with Gasteiger partial charge < -0.3 is 15.4 Å². The van der Waals surface area contributed by atoms with Crippen molar-refractivity contribution in [2.24, 2.45) is 0 Å². The number of hydrogen-bond acceptors (Lipinski definition) is 4. The summed E-state index contributed by atoms with van der Waals surface area (Å²) in [4.78, 5) is 26.3. The molecule has 6 nitrogen and oxygen atoms in total. The second-order valence-electron chi connectivity index (χ2n) is 7.86. The van der Waals surface area contributed by atoms with Crippen LogP contribution in [0.25, 0.3) is 6.08 Å². The molecular formula is C22H31N3O3. The van der Waals surface area contributed by atoms with Crippen LogP contribution in [0.1, 0.15) is 49.0 Å². The quantitative estimate of drug-likeness (QED) is 0.532. The molecular weight excluding hydrogens is 354 g/mol. The lowest BCUT2D eigenvalue weighted by Gasteiger charge is -2.35. The highest BCUT2D eigenvalue weighted by Gasteiger charge is 2.23. The molecule has 2 fully saturated rings. The van der Waals surface area contributed by atoms with Gasteiger partial charge in [-0.2, -0.15) is 0 Å². The molecule has 2 N–H and O–H groups in total. The Morgan fingerprint density at radius 2 is 1.82 bits per heavy atom. The van der Waals surface area contributed by atoms with Crippen molar-refractivity contribution in [3.05, 3.63) is 41.5 Å². The van der Waals surface area contributed by atoms with Crippen LogP contribution >= 0.6 is 0 Å². The number of carbonyl (C=O) groups is 2. The normalized spacial score (nSPS) is 22.9. The smallest absolute Gasteiger partial charge is 0.251 e. The molecule has 3 rings (SSSR count). The molecule has 2 unspecified atom stereocenters. The summed E-state index contributed by atoms with van der Waals surface area (Å²) in [7, 11) is 0. The number of nitrogens with zero attached hydrogens (tertiary/aromatic N) is 1. The zero-order valence-corrected chi connectivity index (χ0v) is 16.8. The Morgan fingerprint density at radius 1 is 1.14 bits per heavy atom. The lowest BCUT2D eigenvalue weighted by molar-refractivity contribution is -0.116. The molecule has 2 aliphatic rings. The van der Waals surface area contributed by atoms with Crippen molar-refractivity contribution in [2.45, 2.75) is 51.4 Å². The van der Waals surface area contributed by atoms with Crippen LogP contribution in [0, 0.1) is 0 Å². The lowest BCUT2D eigenvalue weighted by Crippen LogP contribution is -2.46. The van der Waals surface area contributed by atoms with Crippen molar-refractivity contribution in [2.75, 3.05) is 26.2 Å². The zero-order chi connectivity index (χ0) is 19.9. The second-order valence-corrected chi connectivity index (χ2v) is 7.86. The average Bonchev–Trinajstić information content (AvgIpc) is 3.47. The monoisotopic (exact) mass is 385 g/mol. The lowest BCUT2D eigenvalue weighted by atomic mass is 10.1. The summed E-state index contributed by atoms with van der Waals surface area (Å²) < 4.78 is 5.73. The first kappa shape index (κ1) is 20.6. The molecule has 1 saturated heterocycles. The maximum atomic E-state index is 12.0. The first-order valence-electron chi connectivity index (χ1n) is 10.2. The van der Waals surface area contributed by atoms with E-state index in [1.54, 1.807) is 18.2 Å². The van der Waals surface area contributed by atoms with Gasteiger partial charge in [0, 0.05) is 43.9 Å². The van der Waals surface area contributed by atoms with E-state index < -0.39 is 0 Å². The van der Waals surface area contributed by atoms with Crippen LogP contribution in [0.4, 0.5) is 0 Å². The number of benzene rings is 1. The number of hydrogen-bond donors (Lipinski definition) is 2. The van der Waals surface area contributed by atoms with Gasteiger partial charge in [0.25, 0.3) is 5.91 Å². The molecule has 1 aliphatic heterocycles. The maximum absolute atomic E-state index is 12.0. The largest absolute Gasteiger partial charge is 0.373 e. The van der Waals surface area contributed by atoms with E-state index in [9.17, 15) is 9.59 Å². The van der Waals surface area contributed by atoms with Gasteiger partial charge in [0.2, 0.25) is 5.91 Å². The molecule has 1 aliphatic carbocycles. The highest BCUT2D eigenvalue weighted by Crippen LogP contribution is 2.19. The molecule has 2 amide bonds. The van der Waals surface area contributed by atoms with Gasteiger partial charge in [0.1, 0.15) is 0 Å². The Balaban J connectivity index is 1.34. The van der Waals surface area contributed by atoms with Gasteiger partial charge in [0.15, 0.2) is 0 Å². The van der Waals surface area contributed by atoms with Gasteiger partial charge in [-0.15, -0.1) is 0 Å². The fourth-order valence-electron chi connectivity index (χ4n) is 3.45. The van der Waals surface area contributed by atoms with Crippen LogP contribution < -0.4 is 10.6 Å². The second kappa shape index (κ2) is 9.85. The van der Waals surface area contributed by atoms with E-state index in [-0.39, 0.29) is 24.0 Å². The maximum Gasteiger partial charge on any atom is 0.251 e. The summed E-state index contributed by atoms with van der Waals surface area (Å²) in [6.07, 6.45) is 6.92. The standard InChI is InChI=1S/C22H31N3O3/c1-16-14-25(15-17(2)28-16)13-3-12-23-21(26)11-6-18-4-7-19(8-5-18)22(27)24-20-9-10-20/h4-8,11,16-17,20H,3,9-10,12-15H2,1-2H3,(H,23,26)(H,24,27)/b11-6+. The minimum Gasteiger partial charge on any atom is -0.373 e. The Kier molecular flexibility index (Phi) is 7.23. The summed E-state index contributed by atoms with van der Waals surface area (Å²) >= 11 is 0. The van der Waals surface area contributed by atoms with Crippen LogP contribution in [0.2, 0.25) is 0 Å². The third-order valence-corrected chi connectivity index (χ3v) is 4.96. The zero-order valence-electron chi connectivity index (χ0n) is 16.8. The van der Waals surface area contributed by atoms with E-state index >= 15 is 0 Å². The van der Waals surface area contributed by atoms with E-state index in [1.165, 1.54) is 6.08 Å². The van der Waals surface area contributed by atoms with Crippen molar-refractivity contribution < 1.29 is 14.3 Å². The number of ether oxygens (including phenoxy) is 1. The van der Waals surface area contributed by atoms with E-state index in [0.717, 1.165) is 44.5 Å². The Bertz CT molecular complexity index is 687. The van der Waals surface area contributed by atoms with E-state index in [2.05, 4.69) is 29.4 Å². The van der Waals surface area contributed by atoms with Crippen LogP contribution in [-0.2, 0) is 9.53 Å². The number of carbonyl (C=O) groups excluding carboxylic acids is 2. The highest BCUT2D eigenvalue weighted by atomic mass is 16.5. The summed E-state index contributed by atoms with van der Waals surface area (Å²) in [5.74, 6) is -0.126. The van der Waals surface area contributed by atoms with Crippen molar-refractivity contribution in [3.63, 3.8) is 0 Å². The first-order chi connectivity index (χ1) is 13.5. The fourth-order valence-corrected chi connectivity index (χ4v) is 3.45. The van der Waals surface area contributed by atoms with Crippen molar-refractivity contribution in [3.8, 4) is 0 Å². The molecule has 1 aromatic carbocycles. The minimum atomic E-state index is -0.0979. The van der Waals surface area contributed by atoms with Gasteiger partial charge in [-0.05, 0) is 56.9 Å². The van der Waals surface area contributed by atoms with E-state index in [1.807, 2.05) is 12.1 Å². The molecule has 0 bridgehead atoms. The predicted molar refractivity (Wildman–Crippen MR) is 110 cm³/mol. The Morgan fingerprint density at radius 3 is 2.46 bits per heavy atom. The summed E-state index contributed by atoms with van der Waals surface area (Å²) in [5, 5.41) is 5.89. The van der Waals surface area contributed by atoms with Crippen LogP contribution in [-0.4, -0.2) is 61.1 Å². The van der Waals surface area contributed by atoms with Crippen LogP contribution in [0.3, 0.4) is 0 Å². The van der Waals surface area contributed by atoms with Crippen molar-refractivity contribution in [1.29, 1.82) is 0 Å². The molecule has 2 atom stereocenters. The van der Waals surface area contributed by atoms with E-state index in [4.69, 9.17) is 4.74 Å². The third kappa shape index (κ3) is 6.77. The van der Waals surface area contributed by atoms with Gasteiger partial charge >= 0.3 is 0 Å². The molecule has 0 spiro atoms. The highest BCUT2D eigenvalue weighted by molar-refractivity contribution is 5.95. The fraction of sp³-hybridized carbons (Fsp3) is 0.545. The topological polar surface area (TPSA) is 70.7 Å². The molecule has 0 aromatic heterocycles. The molecule has 152 valence electrons. The van der Waals surface area contributed by atoms with Crippen LogP contribution in [0.15, 0.2) is 30.3 Å². The van der Waals surface area contributed by atoms with Crippen molar-refractivity contribution >= 4 is 17.9 Å². The molecule has 1 aromatic rings. The van der Waals surface area contributed by atoms with Gasteiger partial charge in [0.05, 0.1) is 12.2 Å². The molecule has 0 radical (unpaired) electrons. The average molecular weight is 386 g/mol. The first-order valence-corrected chi connectivity index (χ1v) is 10.2. The van der Waals surface area contributed by atoms with Crippen LogP contribution in [0.5, 0.6) is 0 Å². The predicted octanol–water partition coefficient (Wildman–Crippen LogP) is 2.21. The molecule has 6 heteroatoms. The van der Waals surface area contributed by atoms with Crippen molar-refractivity contribution in [1.82, 2.24) is 15.5 Å². The Hall–Kier alpha value is -2.18. The van der Waals surface area contributed by atoms with E-state index in [0.29, 0.717) is 18.2 Å². The summed E-state index contributed by atoms with van der Waals surface area (Å²) in [5.41, 5.74) is 1.55. The molecule has 1 saturated carbocycles. The summed E-state index contributed by atoms with van der Waals surface area (Å²) in [6.45, 7) is 7.72.